The summed E-state index contributed by atoms with van der Waals surface area (Å²) in [5, 5.41) is 2.64. The van der Waals surface area contributed by atoms with Crippen molar-refractivity contribution in [3.8, 4) is 0 Å². The average Bonchev–Trinajstić information content (AvgIpc) is 2.65. The van der Waals surface area contributed by atoms with Gasteiger partial charge < -0.3 is 10.2 Å². The minimum Gasteiger partial charge on any atom is -0.357 e. The molecule has 0 aromatic heterocycles. The van der Waals surface area contributed by atoms with Gasteiger partial charge in [0.05, 0.1) is 5.75 Å². The Morgan fingerprint density at radius 2 is 1.73 bits per heavy atom. The second kappa shape index (κ2) is 9.43. The van der Waals surface area contributed by atoms with Crippen molar-refractivity contribution in [2.24, 2.45) is 0 Å². The van der Waals surface area contributed by atoms with Crippen LogP contribution in [0, 0.1) is 13.8 Å². The maximum Gasteiger partial charge on any atom is 0.242 e. The van der Waals surface area contributed by atoms with Gasteiger partial charge in [0, 0.05) is 18.5 Å². The SMILES string of the molecule is CNC(=O)C(C)N(Cc1ccccc1C)C(=O)CSc1ccc(C)cc1. The lowest BCUT2D eigenvalue weighted by Gasteiger charge is -2.29. The van der Waals surface area contributed by atoms with Gasteiger partial charge in [-0.25, -0.2) is 0 Å². The molecule has 0 heterocycles. The summed E-state index contributed by atoms with van der Waals surface area (Å²) in [6.07, 6.45) is 0. The van der Waals surface area contributed by atoms with Gasteiger partial charge in [-0.05, 0) is 44.0 Å². The Hall–Kier alpha value is -2.27. The summed E-state index contributed by atoms with van der Waals surface area (Å²) in [5.74, 6) is 0.0956. The Morgan fingerprint density at radius 1 is 1.08 bits per heavy atom. The van der Waals surface area contributed by atoms with Crippen molar-refractivity contribution in [3.63, 3.8) is 0 Å². The van der Waals surface area contributed by atoms with Crippen LogP contribution in [0.3, 0.4) is 0 Å². The number of carbonyl (C=O) groups excluding carboxylic acids is 2. The van der Waals surface area contributed by atoms with E-state index in [0.29, 0.717) is 12.3 Å². The van der Waals surface area contributed by atoms with Crippen LogP contribution in [-0.4, -0.2) is 35.6 Å². The summed E-state index contributed by atoms with van der Waals surface area (Å²) < 4.78 is 0. The van der Waals surface area contributed by atoms with Crippen LogP contribution in [0.25, 0.3) is 0 Å². The van der Waals surface area contributed by atoms with Crippen LogP contribution in [-0.2, 0) is 16.1 Å². The summed E-state index contributed by atoms with van der Waals surface area (Å²) in [5.41, 5.74) is 3.35. The molecule has 1 unspecified atom stereocenters. The van der Waals surface area contributed by atoms with Crippen molar-refractivity contribution in [2.75, 3.05) is 12.8 Å². The van der Waals surface area contributed by atoms with E-state index >= 15 is 0 Å². The van der Waals surface area contributed by atoms with Crippen molar-refractivity contribution < 1.29 is 9.59 Å². The first-order valence-corrected chi connectivity index (χ1v) is 9.66. The number of thioether (sulfide) groups is 1. The number of carbonyl (C=O) groups is 2. The number of hydrogen-bond acceptors (Lipinski definition) is 3. The molecule has 4 nitrogen and oxygen atoms in total. The first-order chi connectivity index (χ1) is 12.4. The van der Waals surface area contributed by atoms with Gasteiger partial charge in [-0.15, -0.1) is 11.8 Å². The molecule has 5 heteroatoms. The standard InChI is InChI=1S/C21H26N2O2S/c1-15-9-11-19(12-10-15)26-14-20(24)23(17(3)21(25)22-4)13-18-8-6-5-7-16(18)2/h5-12,17H,13-14H2,1-4H3,(H,22,25). The quantitative estimate of drug-likeness (QED) is 0.758. The number of hydrogen-bond donors (Lipinski definition) is 1. The summed E-state index contributed by atoms with van der Waals surface area (Å²) in [6.45, 7) is 6.25. The number of benzene rings is 2. The molecular formula is C21H26N2O2S. The predicted molar refractivity (Wildman–Crippen MR) is 107 cm³/mol. The highest BCUT2D eigenvalue weighted by Crippen LogP contribution is 2.21. The Kier molecular flexibility index (Phi) is 7.27. The van der Waals surface area contributed by atoms with Crippen LogP contribution in [0.15, 0.2) is 53.4 Å². The molecule has 0 aliphatic carbocycles. The summed E-state index contributed by atoms with van der Waals surface area (Å²) >= 11 is 1.49. The molecule has 0 spiro atoms. The minimum atomic E-state index is -0.522. The molecule has 2 amide bonds. The van der Waals surface area contributed by atoms with Crippen molar-refractivity contribution in [1.29, 1.82) is 0 Å². The van der Waals surface area contributed by atoms with E-state index in [4.69, 9.17) is 0 Å². The van der Waals surface area contributed by atoms with Crippen molar-refractivity contribution in [3.05, 3.63) is 65.2 Å². The Bertz CT molecular complexity index is 759. The van der Waals surface area contributed by atoms with E-state index in [1.54, 1.807) is 18.9 Å². The van der Waals surface area contributed by atoms with Crippen molar-refractivity contribution in [2.45, 2.75) is 38.3 Å². The molecular weight excluding hydrogens is 344 g/mol. The molecule has 0 radical (unpaired) electrons. The van der Waals surface area contributed by atoms with Crippen LogP contribution >= 0.6 is 11.8 Å². The van der Waals surface area contributed by atoms with Crippen LogP contribution in [0.4, 0.5) is 0 Å². The van der Waals surface area contributed by atoms with E-state index in [2.05, 4.69) is 5.32 Å². The van der Waals surface area contributed by atoms with Crippen LogP contribution < -0.4 is 5.32 Å². The van der Waals surface area contributed by atoms with Gasteiger partial charge in [0.1, 0.15) is 6.04 Å². The maximum atomic E-state index is 12.9. The molecule has 0 saturated heterocycles. The summed E-state index contributed by atoms with van der Waals surface area (Å²) in [6, 6.07) is 15.5. The number of nitrogens with one attached hydrogen (secondary N) is 1. The lowest BCUT2D eigenvalue weighted by atomic mass is 10.1. The highest BCUT2D eigenvalue weighted by atomic mass is 32.2. The average molecular weight is 371 g/mol. The fraction of sp³-hybridized carbons (Fsp3) is 0.333. The third-order valence-electron chi connectivity index (χ3n) is 4.40. The van der Waals surface area contributed by atoms with Crippen LogP contribution in [0.1, 0.15) is 23.6 Å². The van der Waals surface area contributed by atoms with Gasteiger partial charge in [-0.2, -0.15) is 0 Å². The molecule has 2 rings (SSSR count). The Morgan fingerprint density at radius 3 is 2.35 bits per heavy atom. The van der Waals surface area contributed by atoms with Crippen LogP contribution in [0.2, 0.25) is 0 Å². The third kappa shape index (κ3) is 5.36. The zero-order valence-electron chi connectivity index (χ0n) is 15.8. The van der Waals surface area contributed by atoms with Crippen molar-refractivity contribution in [1.82, 2.24) is 10.2 Å². The fourth-order valence-corrected chi connectivity index (χ4v) is 3.41. The zero-order chi connectivity index (χ0) is 19.1. The van der Waals surface area contributed by atoms with Crippen molar-refractivity contribution >= 4 is 23.6 Å². The molecule has 1 atom stereocenters. The second-order valence-electron chi connectivity index (χ2n) is 6.34. The smallest absolute Gasteiger partial charge is 0.242 e. The van der Waals surface area contributed by atoms with E-state index in [-0.39, 0.29) is 11.8 Å². The van der Waals surface area contributed by atoms with E-state index in [1.807, 2.05) is 62.4 Å². The van der Waals surface area contributed by atoms with Crippen LogP contribution in [0.5, 0.6) is 0 Å². The largest absolute Gasteiger partial charge is 0.357 e. The molecule has 0 aliphatic rings. The summed E-state index contributed by atoms with van der Waals surface area (Å²) in [4.78, 5) is 27.7. The molecule has 0 saturated carbocycles. The molecule has 2 aromatic carbocycles. The molecule has 0 bridgehead atoms. The van der Waals surface area contributed by atoms with Gasteiger partial charge in [-0.1, -0.05) is 42.0 Å². The van der Waals surface area contributed by atoms with Gasteiger partial charge in [0.25, 0.3) is 0 Å². The number of likely N-dealkylation sites (N-methyl/N-ethyl adjacent to an activating group) is 1. The first kappa shape index (κ1) is 20.0. The normalized spacial score (nSPS) is 11.7. The van der Waals surface area contributed by atoms with Gasteiger partial charge in [-0.3, -0.25) is 9.59 Å². The number of amides is 2. The highest BCUT2D eigenvalue weighted by molar-refractivity contribution is 8.00. The van der Waals surface area contributed by atoms with E-state index in [9.17, 15) is 9.59 Å². The fourth-order valence-electron chi connectivity index (χ4n) is 2.63. The topological polar surface area (TPSA) is 49.4 Å². The highest BCUT2D eigenvalue weighted by Gasteiger charge is 2.25. The molecule has 0 fully saturated rings. The number of nitrogens with zero attached hydrogens (tertiary/aromatic N) is 1. The number of aryl methyl sites for hydroxylation is 2. The summed E-state index contributed by atoms with van der Waals surface area (Å²) in [7, 11) is 1.59. The maximum absolute atomic E-state index is 12.9. The van der Waals surface area contributed by atoms with E-state index in [1.165, 1.54) is 17.3 Å². The predicted octanol–water partition coefficient (Wildman–Crippen LogP) is 3.56. The van der Waals surface area contributed by atoms with Gasteiger partial charge in [0.2, 0.25) is 11.8 Å². The lowest BCUT2D eigenvalue weighted by Crippen LogP contribution is -2.47. The lowest BCUT2D eigenvalue weighted by molar-refractivity contribution is -0.138. The van der Waals surface area contributed by atoms with E-state index < -0.39 is 6.04 Å². The zero-order valence-corrected chi connectivity index (χ0v) is 16.6. The second-order valence-corrected chi connectivity index (χ2v) is 7.39. The van der Waals surface area contributed by atoms with E-state index in [0.717, 1.165) is 16.0 Å². The number of rotatable bonds is 7. The third-order valence-corrected chi connectivity index (χ3v) is 5.40. The molecule has 1 N–H and O–H groups in total. The van der Waals surface area contributed by atoms with Gasteiger partial charge >= 0.3 is 0 Å². The molecule has 138 valence electrons. The molecule has 26 heavy (non-hydrogen) atoms. The molecule has 2 aromatic rings. The monoisotopic (exact) mass is 370 g/mol. The minimum absolute atomic E-state index is 0.0464. The first-order valence-electron chi connectivity index (χ1n) is 8.67. The van der Waals surface area contributed by atoms with Gasteiger partial charge in [0.15, 0.2) is 0 Å². The Balaban J connectivity index is 2.13. The molecule has 0 aliphatic heterocycles. The Labute approximate surface area is 160 Å².